The molecule has 0 atom stereocenters. The van der Waals surface area contributed by atoms with Gasteiger partial charge in [0.15, 0.2) is 0 Å². The van der Waals surface area contributed by atoms with Crippen molar-refractivity contribution in [1.82, 2.24) is 4.90 Å². The number of benzene rings is 1. The molecule has 18 heavy (non-hydrogen) atoms. The highest BCUT2D eigenvalue weighted by molar-refractivity contribution is 5.96. The second-order valence-corrected chi connectivity index (χ2v) is 5.26. The largest absolute Gasteiger partial charge is 0.398 e. The number of nitrogens with zero attached hydrogens (tertiary/aromatic N) is 1. The zero-order chi connectivity index (χ0) is 13.9. The van der Waals surface area contributed by atoms with Gasteiger partial charge in [-0.15, -0.1) is 0 Å². The molecule has 1 amide bonds. The molecule has 3 heteroatoms. The van der Waals surface area contributed by atoms with Crippen molar-refractivity contribution in [3.05, 3.63) is 28.8 Å². The number of rotatable bonds is 4. The van der Waals surface area contributed by atoms with E-state index in [-0.39, 0.29) is 5.91 Å². The van der Waals surface area contributed by atoms with Gasteiger partial charge in [-0.1, -0.05) is 19.9 Å². The Morgan fingerprint density at radius 2 is 1.89 bits per heavy atom. The summed E-state index contributed by atoms with van der Waals surface area (Å²) in [5, 5.41) is 0. The van der Waals surface area contributed by atoms with Crippen LogP contribution in [0.25, 0.3) is 0 Å². The average molecular weight is 248 g/mol. The van der Waals surface area contributed by atoms with E-state index in [0.29, 0.717) is 11.6 Å². The van der Waals surface area contributed by atoms with Crippen LogP contribution >= 0.6 is 0 Å². The third-order valence-corrected chi connectivity index (χ3v) is 3.10. The Hall–Kier alpha value is -1.51. The maximum atomic E-state index is 12.5. The van der Waals surface area contributed by atoms with Crippen LogP contribution in [0.2, 0.25) is 0 Å². The van der Waals surface area contributed by atoms with Crippen LogP contribution in [0.4, 0.5) is 5.69 Å². The second kappa shape index (κ2) is 5.89. The van der Waals surface area contributed by atoms with Crippen LogP contribution in [-0.4, -0.2) is 23.9 Å². The van der Waals surface area contributed by atoms with E-state index in [0.717, 1.165) is 29.8 Å². The fraction of sp³-hybridized carbons (Fsp3) is 0.533. The summed E-state index contributed by atoms with van der Waals surface area (Å²) in [7, 11) is 0. The molecule has 0 aliphatic rings. The van der Waals surface area contributed by atoms with E-state index in [4.69, 9.17) is 5.73 Å². The van der Waals surface area contributed by atoms with Gasteiger partial charge in [0, 0.05) is 24.3 Å². The summed E-state index contributed by atoms with van der Waals surface area (Å²) in [4.78, 5) is 14.3. The Labute approximate surface area is 110 Å². The first-order chi connectivity index (χ1) is 8.36. The summed E-state index contributed by atoms with van der Waals surface area (Å²) in [5.41, 5.74) is 9.33. The summed E-state index contributed by atoms with van der Waals surface area (Å²) >= 11 is 0. The fourth-order valence-corrected chi connectivity index (χ4v) is 2.07. The first-order valence-electron chi connectivity index (χ1n) is 6.52. The number of hydrogen-bond acceptors (Lipinski definition) is 2. The van der Waals surface area contributed by atoms with Crippen molar-refractivity contribution >= 4 is 11.6 Å². The minimum Gasteiger partial charge on any atom is -0.398 e. The molecular formula is C15H24N2O. The molecule has 100 valence electrons. The molecule has 0 aromatic heterocycles. The molecule has 1 aromatic rings. The summed E-state index contributed by atoms with van der Waals surface area (Å²) in [5.74, 6) is 0.549. The van der Waals surface area contributed by atoms with Gasteiger partial charge < -0.3 is 10.6 Å². The van der Waals surface area contributed by atoms with E-state index in [1.165, 1.54) is 0 Å². The molecule has 0 unspecified atom stereocenters. The monoisotopic (exact) mass is 248 g/mol. The summed E-state index contributed by atoms with van der Waals surface area (Å²) < 4.78 is 0. The summed E-state index contributed by atoms with van der Waals surface area (Å²) in [6.45, 7) is 11.7. The molecule has 0 aliphatic carbocycles. The summed E-state index contributed by atoms with van der Waals surface area (Å²) in [6.07, 6.45) is 0. The first-order valence-corrected chi connectivity index (χ1v) is 6.52. The van der Waals surface area contributed by atoms with Crippen molar-refractivity contribution in [2.45, 2.75) is 34.6 Å². The molecule has 0 bridgehead atoms. The normalized spacial score (nSPS) is 10.8. The van der Waals surface area contributed by atoms with Gasteiger partial charge >= 0.3 is 0 Å². The molecule has 0 fully saturated rings. The Kier molecular flexibility index (Phi) is 4.76. The average Bonchev–Trinajstić information content (AvgIpc) is 2.29. The Morgan fingerprint density at radius 1 is 1.28 bits per heavy atom. The number of carbonyl (C=O) groups is 1. The number of anilines is 1. The lowest BCUT2D eigenvalue weighted by atomic mass is 10.0. The van der Waals surface area contributed by atoms with Gasteiger partial charge in [0.2, 0.25) is 0 Å². The maximum Gasteiger partial charge on any atom is 0.254 e. The second-order valence-electron chi connectivity index (χ2n) is 5.26. The predicted octanol–water partition coefficient (Wildman–Crippen LogP) is 3.00. The molecule has 1 aromatic carbocycles. The number of nitrogen functional groups attached to an aromatic ring is 1. The molecule has 1 rings (SSSR count). The van der Waals surface area contributed by atoms with Crippen molar-refractivity contribution in [2.75, 3.05) is 18.8 Å². The van der Waals surface area contributed by atoms with E-state index >= 15 is 0 Å². The van der Waals surface area contributed by atoms with Crippen molar-refractivity contribution < 1.29 is 4.79 Å². The van der Waals surface area contributed by atoms with Gasteiger partial charge in [-0.2, -0.15) is 0 Å². The number of amides is 1. The van der Waals surface area contributed by atoms with Crippen LogP contribution in [0, 0.1) is 19.8 Å². The Bertz CT molecular complexity index is 438. The third kappa shape index (κ3) is 3.25. The van der Waals surface area contributed by atoms with Crippen molar-refractivity contribution in [2.24, 2.45) is 5.92 Å². The molecule has 0 saturated carbocycles. The molecule has 0 aliphatic heterocycles. The van der Waals surface area contributed by atoms with Gasteiger partial charge in [0.05, 0.1) is 0 Å². The highest BCUT2D eigenvalue weighted by Crippen LogP contribution is 2.19. The molecule has 3 nitrogen and oxygen atoms in total. The lowest BCUT2D eigenvalue weighted by Gasteiger charge is -2.24. The zero-order valence-corrected chi connectivity index (χ0v) is 12.1. The predicted molar refractivity (Wildman–Crippen MR) is 76.7 cm³/mol. The number of aryl methyl sites for hydroxylation is 2. The van der Waals surface area contributed by atoms with Gasteiger partial charge in [0.25, 0.3) is 5.91 Å². The van der Waals surface area contributed by atoms with Gasteiger partial charge in [0.1, 0.15) is 0 Å². The van der Waals surface area contributed by atoms with Crippen LogP contribution in [-0.2, 0) is 0 Å². The van der Waals surface area contributed by atoms with E-state index in [1.54, 1.807) is 6.07 Å². The topological polar surface area (TPSA) is 46.3 Å². The summed E-state index contributed by atoms with van der Waals surface area (Å²) in [6, 6.07) is 3.78. The van der Waals surface area contributed by atoms with Crippen LogP contribution < -0.4 is 5.73 Å². The molecule has 0 radical (unpaired) electrons. The molecule has 0 saturated heterocycles. The fourth-order valence-electron chi connectivity index (χ4n) is 2.07. The minimum atomic E-state index is 0.0791. The molecular weight excluding hydrogens is 224 g/mol. The molecule has 2 N–H and O–H groups in total. The minimum absolute atomic E-state index is 0.0791. The van der Waals surface area contributed by atoms with E-state index < -0.39 is 0 Å². The Balaban J connectivity index is 3.05. The zero-order valence-electron chi connectivity index (χ0n) is 12.1. The van der Waals surface area contributed by atoms with Crippen LogP contribution in [0.5, 0.6) is 0 Å². The van der Waals surface area contributed by atoms with Crippen LogP contribution in [0.1, 0.15) is 42.3 Å². The van der Waals surface area contributed by atoms with E-state index in [1.807, 2.05) is 31.7 Å². The first kappa shape index (κ1) is 14.6. The molecule has 0 spiro atoms. The maximum absolute atomic E-state index is 12.5. The number of nitrogens with two attached hydrogens (primary N) is 1. The van der Waals surface area contributed by atoms with E-state index in [2.05, 4.69) is 13.8 Å². The van der Waals surface area contributed by atoms with Gasteiger partial charge in [-0.05, 0) is 43.9 Å². The van der Waals surface area contributed by atoms with Crippen molar-refractivity contribution in [1.29, 1.82) is 0 Å². The SMILES string of the molecule is CCN(CC(C)C)C(=O)c1cc(N)c(C)cc1C. The third-order valence-electron chi connectivity index (χ3n) is 3.10. The lowest BCUT2D eigenvalue weighted by molar-refractivity contribution is 0.0745. The standard InChI is InChI=1S/C15H24N2O/c1-6-17(9-10(2)3)15(18)13-8-14(16)12(5)7-11(13)4/h7-8,10H,6,9,16H2,1-5H3. The quantitative estimate of drug-likeness (QED) is 0.833. The number of hydrogen-bond donors (Lipinski definition) is 1. The highest BCUT2D eigenvalue weighted by Gasteiger charge is 2.17. The number of carbonyl (C=O) groups excluding carboxylic acids is 1. The van der Waals surface area contributed by atoms with E-state index in [9.17, 15) is 4.79 Å². The van der Waals surface area contributed by atoms with Crippen molar-refractivity contribution in [3.8, 4) is 0 Å². The van der Waals surface area contributed by atoms with Crippen LogP contribution in [0.15, 0.2) is 12.1 Å². The Morgan fingerprint density at radius 3 is 2.39 bits per heavy atom. The van der Waals surface area contributed by atoms with Gasteiger partial charge in [-0.3, -0.25) is 4.79 Å². The van der Waals surface area contributed by atoms with Crippen LogP contribution in [0.3, 0.4) is 0 Å². The lowest BCUT2D eigenvalue weighted by Crippen LogP contribution is -2.34. The van der Waals surface area contributed by atoms with Gasteiger partial charge in [-0.25, -0.2) is 0 Å². The molecule has 0 heterocycles. The highest BCUT2D eigenvalue weighted by atomic mass is 16.2. The smallest absolute Gasteiger partial charge is 0.254 e. The van der Waals surface area contributed by atoms with Crippen molar-refractivity contribution in [3.63, 3.8) is 0 Å².